The van der Waals surface area contributed by atoms with Crippen molar-refractivity contribution in [2.45, 2.75) is 23.8 Å². The molecule has 2 rings (SSSR count). The van der Waals surface area contributed by atoms with Crippen LogP contribution in [0.25, 0.3) is 0 Å². The van der Waals surface area contributed by atoms with Crippen molar-refractivity contribution in [3.8, 4) is 5.75 Å². The van der Waals surface area contributed by atoms with Crippen LogP contribution in [0, 0.1) is 0 Å². The maximum absolute atomic E-state index is 12.3. The van der Waals surface area contributed by atoms with Crippen LogP contribution in [0.2, 0.25) is 5.02 Å². The van der Waals surface area contributed by atoms with E-state index < -0.39 is 10.0 Å². The van der Waals surface area contributed by atoms with E-state index in [1.54, 1.807) is 14.1 Å². The summed E-state index contributed by atoms with van der Waals surface area (Å²) in [6.45, 7) is 0.724. The highest BCUT2D eigenvalue weighted by Crippen LogP contribution is 2.27. The number of carbonyl (C=O) groups is 1. The summed E-state index contributed by atoms with van der Waals surface area (Å²) in [5.74, 6) is 0.0333. The monoisotopic (exact) mass is 376 g/mol. The lowest BCUT2D eigenvalue weighted by molar-refractivity contribution is -0.130. The van der Waals surface area contributed by atoms with Crippen LogP contribution in [0.3, 0.4) is 0 Å². The molecule has 7 nitrogen and oxygen atoms in total. The Hall–Kier alpha value is -1.35. The summed E-state index contributed by atoms with van der Waals surface area (Å²) in [7, 11) is -0.449. The van der Waals surface area contributed by atoms with Gasteiger partial charge in [0.25, 0.3) is 5.91 Å². The molecule has 24 heavy (non-hydrogen) atoms. The first kappa shape index (κ1) is 19.0. The number of hydrogen-bond acceptors (Lipinski definition) is 5. The molecule has 1 aromatic carbocycles. The SMILES string of the molecule is CN(C)C(=O)COc1ccc(S(=O)(=O)NC[C@H]2CCCO2)cc1Cl. The van der Waals surface area contributed by atoms with E-state index in [1.165, 1.54) is 23.1 Å². The fourth-order valence-corrected chi connectivity index (χ4v) is 3.52. The van der Waals surface area contributed by atoms with Gasteiger partial charge in [-0.2, -0.15) is 0 Å². The smallest absolute Gasteiger partial charge is 0.259 e. The van der Waals surface area contributed by atoms with Crippen molar-refractivity contribution in [3.05, 3.63) is 23.2 Å². The highest BCUT2D eigenvalue weighted by Gasteiger charge is 2.21. The van der Waals surface area contributed by atoms with E-state index in [4.69, 9.17) is 21.1 Å². The zero-order valence-electron chi connectivity index (χ0n) is 13.6. The van der Waals surface area contributed by atoms with Crippen molar-refractivity contribution in [2.75, 3.05) is 33.9 Å². The molecule has 1 saturated heterocycles. The number of hydrogen-bond donors (Lipinski definition) is 1. The number of benzene rings is 1. The van der Waals surface area contributed by atoms with Crippen LogP contribution < -0.4 is 9.46 Å². The quantitative estimate of drug-likeness (QED) is 0.774. The fourth-order valence-electron chi connectivity index (χ4n) is 2.13. The van der Waals surface area contributed by atoms with Gasteiger partial charge in [-0.05, 0) is 31.0 Å². The average molecular weight is 377 g/mol. The Morgan fingerprint density at radius 2 is 2.21 bits per heavy atom. The lowest BCUT2D eigenvalue weighted by atomic mass is 10.2. The van der Waals surface area contributed by atoms with Crippen molar-refractivity contribution in [2.24, 2.45) is 0 Å². The van der Waals surface area contributed by atoms with Crippen LogP contribution in [0.15, 0.2) is 23.1 Å². The molecule has 1 aliphatic heterocycles. The summed E-state index contributed by atoms with van der Waals surface area (Å²) >= 11 is 6.06. The van der Waals surface area contributed by atoms with Crippen LogP contribution in [-0.4, -0.2) is 59.2 Å². The lowest BCUT2D eigenvalue weighted by Gasteiger charge is -2.14. The van der Waals surface area contributed by atoms with Crippen molar-refractivity contribution in [1.82, 2.24) is 9.62 Å². The van der Waals surface area contributed by atoms with E-state index in [0.29, 0.717) is 6.61 Å². The summed E-state index contributed by atoms with van der Waals surface area (Å²) in [5, 5.41) is 0.126. The molecule has 0 bridgehead atoms. The van der Waals surface area contributed by atoms with Gasteiger partial charge in [-0.15, -0.1) is 0 Å². The molecule has 0 radical (unpaired) electrons. The van der Waals surface area contributed by atoms with Gasteiger partial charge >= 0.3 is 0 Å². The molecule has 0 unspecified atom stereocenters. The maximum atomic E-state index is 12.3. The van der Waals surface area contributed by atoms with Gasteiger partial charge in [-0.1, -0.05) is 11.6 Å². The summed E-state index contributed by atoms with van der Waals surface area (Å²) in [4.78, 5) is 12.9. The normalized spacial score (nSPS) is 17.7. The molecule has 0 saturated carbocycles. The van der Waals surface area contributed by atoms with E-state index in [0.717, 1.165) is 12.8 Å². The van der Waals surface area contributed by atoms with E-state index in [2.05, 4.69) is 4.72 Å². The second kappa shape index (κ2) is 8.15. The first-order chi connectivity index (χ1) is 11.3. The second-order valence-electron chi connectivity index (χ2n) is 5.66. The fraction of sp³-hybridized carbons (Fsp3) is 0.533. The number of amides is 1. The third-order valence-corrected chi connectivity index (χ3v) is 5.31. The zero-order valence-corrected chi connectivity index (χ0v) is 15.2. The molecule has 9 heteroatoms. The molecule has 0 spiro atoms. The molecule has 1 amide bonds. The molecular formula is C15H21ClN2O5S. The summed E-state index contributed by atoms with van der Waals surface area (Å²) < 4.78 is 37.8. The predicted molar refractivity (Wildman–Crippen MR) is 89.8 cm³/mol. The van der Waals surface area contributed by atoms with Gasteiger partial charge in [0.1, 0.15) is 5.75 Å². The van der Waals surface area contributed by atoms with Gasteiger partial charge in [0.05, 0.1) is 16.0 Å². The average Bonchev–Trinajstić information content (AvgIpc) is 3.04. The first-order valence-electron chi connectivity index (χ1n) is 7.53. The molecule has 0 aliphatic carbocycles. The summed E-state index contributed by atoms with van der Waals surface area (Å²) in [6.07, 6.45) is 1.70. The van der Waals surface area contributed by atoms with Crippen molar-refractivity contribution in [1.29, 1.82) is 0 Å². The Bertz CT molecular complexity index is 687. The Morgan fingerprint density at radius 1 is 1.46 bits per heavy atom. The Morgan fingerprint density at radius 3 is 2.79 bits per heavy atom. The van der Waals surface area contributed by atoms with Crippen LogP contribution >= 0.6 is 11.6 Å². The molecule has 1 fully saturated rings. The van der Waals surface area contributed by atoms with Gasteiger partial charge in [0.15, 0.2) is 6.61 Å². The minimum Gasteiger partial charge on any atom is -0.482 e. The zero-order chi connectivity index (χ0) is 17.7. The lowest BCUT2D eigenvalue weighted by Crippen LogP contribution is -2.31. The highest BCUT2D eigenvalue weighted by molar-refractivity contribution is 7.89. The van der Waals surface area contributed by atoms with Gasteiger partial charge < -0.3 is 14.4 Å². The molecule has 134 valence electrons. The van der Waals surface area contributed by atoms with Crippen LogP contribution in [0.1, 0.15) is 12.8 Å². The highest BCUT2D eigenvalue weighted by atomic mass is 35.5. The number of carbonyl (C=O) groups excluding carboxylic acids is 1. The van der Waals surface area contributed by atoms with E-state index in [-0.39, 0.29) is 40.8 Å². The minimum atomic E-state index is -3.68. The largest absolute Gasteiger partial charge is 0.482 e. The van der Waals surface area contributed by atoms with Gasteiger partial charge in [0, 0.05) is 27.2 Å². The Labute approximate surface area is 146 Å². The van der Waals surface area contributed by atoms with Crippen molar-refractivity contribution >= 4 is 27.5 Å². The van der Waals surface area contributed by atoms with Gasteiger partial charge in [0.2, 0.25) is 10.0 Å². The van der Waals surface area contributed by atoms with Crippen LogP contribution in [-0.2, 0) is 19.6 Å². The standard InChI is InChI=1S/C15H21ClN2O5S/c1-18(2)15(19)10-23-14-6-5-12(8-13(14)16)24(20,21)17-9-11-4-3-7-22-11/h5-6,8,11,17H,3-4,7,9-10H2,1-2H3/t11-/m1/s1. The third-order valence-electron chi connectivity index (χ3n) is 3.59. The number of ether oxygens (including phenoxy) is 2. The minimum absolute atomic E-state index is 0.0387. The number of halogens is 1. The summed E-state index contributed by atoms with van der Waals surface area (Å²) in [5.41, 5.74) is 0. The topological polar surface area (TPSA) is 84.9 Å². The van der Waals surface area contributed by atoms with E-state index in [9.17, 15) is 13.2 Å². The molecular weight excluding hydrogens is 356 g/mol. The molecule has 1 aromatic rings. The predicted octanol–water partition coefficient (Wildman–Crippen LogP) is 1.26. The third kappa shape index (κ3) is 5.07. The van der Waals surface area contributed by atoms with E-state index in [1.807, 2.05) is 0 Å². The molecule has 0 aromatic heterocycles. The Balaban J connectivity index is 2.00. The number of nitrogens with one attached hydrogen (secondary N) is 1. The number of nitrogens with zero attached hydrogens (tertiary/aromatic N) is 1. The number of rotatable bonds is 7. The molecule has 1 N–H and O–H groups in total. The molecule has 1 aliphatic rings. The van der Waals surface area contributed by atoms with Crippen LogP contribution in [0.4, 0.5) is 0 Å². The number of sulfonamides is 1. The van der Waals surface area contributed by atoms with Gasteiger partial charge in [-0.25, -0.2) is 13.1 Å². The Kier molecular flexibility index (Phi) is 6.45. The number of likely N-dealkylation sites (N-methyl/N-ethyl adjacent to an activating group) is 1. The van der Waals surface area contributed by atoms with Crippen LogP contribution in [0.5, 0.6) is 5.75 Å². The van der Waals surface area contributed by atoms with Crippen molar-refractivity contribution in [3.63, 3.8) is 0 Å². The first-order valence-corrected chi connectivity index (χ1v) is 9.39. The summed E-state index contributed by atoms with van der Waals surface area (Å²) in [6, 6.07) is 4.12. The molecule has 1 heterocycles. The van der Waals surface area contributed by atoms with E-state index >= 15 is 0 Å². The van der Waals surface area contributed by atoms with Crippen molar-refractivity contribution < 1.29 is 22.7 Å². The maximum Gasteiger partial charge on any atom is 0.259 e. The molecule has 1 atom stereocenters. The van der Waals surface area contributed by atoms with Gasteiger partial charge in [-0.3, -0.25) is 4.79 Å². The second-order valence-corrected chi connectivity index (χ2v) is 7.83.